The number of likely N-dealkylation sites (tertiary alicyclic amines) is 1. The van der Waals surface area contributed by atoms with Crippen molar-refractivity contribution in [3.05, 3.63) is 34.4 Å². The lowest BCUT2D eigenvalue weighted by molar-refractivity contribution is 0.0344. The zero-order valence-electron chi connectivity index (χ0n) is 12.9. The Morgan fingerprint density at radius 1 is 1.30 bits per heavy atom. The SMILES string of the molecule is Cc1cc(C)c(C(=O)CN2CCC(O)C(C)C2)c(C)c1. The van der Waals surface area contributed by atoms with Crippen LogP contribution >= 0.6 is 0 Å². The molecule has 0 bridgehead atoms. The summed E-state index contributed by atoms with van der Waals surface area (Å²) in [5, 5.41) is 9.75. The van der Waals surface area contributed by atoms with Gasteiger partial charge in [-0.15, -0.1) is 0 Å². The Labute approximate surface area is 121 Å². The van der Waals surface area contributed by atoms with Gasteiger partial charge in [0.15, 0.2) is 5.78 Å². The van der Waals surface area contributed by atoms with Gasteiger partial charge in [-0.05, 0) is 44.2 Å². The second kappa shape index (κ2) is 6.06. The fourth-order valence-corrected chi connectivity index (χ4v) is 3.27. The van der Waals surface area contributed by atoms with E-state index >= 15 is 0 Å². The summed E-state index contributed by atoms with van der Waals surface area (Å²) in [5.74, 6) is 0.445. The first-order valence-electron chi connectivity index (χ1n) is 7.40. The topological polar surface area (TPSA) is 40.5 Å². The van der Waals surface area contributed by atoms with E-state index in [1.807, 2.05) is 20.8 Å². The number of rotatable bonds is 3. The lowest BCUT2D eigenvalue weighted by Gasteiger charge is -2.34. The third-order valence-electron chi connectivity index (χ3n) is 4.27. The molecule has 1 aromatic rings. The highest BCUT2D eigenvalue weighted by Crippen LogP contribution is 2.20. The third-order valence-corrected chi connectivity index (χ3v) is 4.27. The maximum absolute atomic E-state index is 12.5. The van der Waals surface area contributed by atoms with Gasteiger partial charge in [0.1, 0.15) is 0 Å². The summed E-state index contributed by atoms with van der Waals surface area (Å²) in [6.45, 7) is 10.2. The van der Waals surface area contributed by atoms with Gasteiger partial charge in [-0.1, -0.05) is 24.6 Å². The summed E-state index contributed by atoms with van der Waals surface area (Å²) in [6, 6.07) is 4.14. The molecule has 2 atom stereocenters. The Hall–Kier alpha value is -1.19. The van der Waals surface area contributed by atoms with Crippen molar-refractivity contribution < 1.29 is 9.90 Å². The molecule has 1 N–H and O–H groups in total. The zero-order valence-corrected chi connectivity index (χ0v) is 12.9. The van der Waals surface area contributed by atoms with Crippen molar-refractivity contribution in [2.45, 2.75) is 40.2 Å². The summed E-state index contributed by atoms with van der Waals surface area (Å²) in [7, 11) is 0. The largest absolute Gasteiger partial charge is 0.393 e. The molecule has 1 aromatic carbocycles. The molecule has 2 unspecified atom stereocenters. The number of aliphatic hydroxyl groups is 1. The Morgan fingerprint density at radius 3 is 2.45 bits per heavy atom. The maximum Gasteiger partial charge on any atom is 0.177 e. The van der Waals surface area contributed by atoms with E-state index in [9.17, 15) is 9.90 Å². The van der Waals surface area contributed by atoms with E-state index in [0.717, 1.165) is 36.2 Å². The van der Waals surface area contributed by atoms with E-state index in [-0.39, 0.29) is 17.8 Å². The molecule has 1 heterocycles. The molecule has 0 aliphatic carbocycles. The molecule has 1 fully saturated rings. The standard InChI is InChI=1S/C17H25NO2/c1-11-7-12(2)17(13(3)8-11)16(20)10-18-6-5-15(19)14(4)9-18/h7-8,14-15,19H,5-6,9-10H2,1-4H3. The lowest BCUT2D eigenvalue weighted by Crippen LogP contribution is -2.44. The van der Waals surface area contributed by atoms with E-state index < -0.39 is 0 Å². The third kappa shape index (κ3) is 3.28. The van der Waals surface area contributed by atoms with E-state index in [4.69, 9.17) is 0 Å². The van der Waals surface area contributed by atoms with Gasteiger partial charge in [0.2, 0.25) is 0 Å². The van der Waals surface area contributed by atoms with Crippen LogP contribution in [0.25, 0.3) is 0 Å². The smallest absolute Gasteiger partial charge is 0.177 e. The molecule has 1 aliphatic heterocycles. The van der Waals surface area contributed by atoms with E-state index in [2.05, 4.69) is 24.0 Å². The molecule has 1 aliphatic rings. The number of aryl methyl sites for hydroxylation is 3. The van der Waals surface area contributed by atoms with Crippen molar-refractivity contribution in [2.24, 2.45) is 5.92 Å². The zero-order chi connectivity index (χ0) is 14.9. The fourth-order valence-electron chi connectivity index (χ4n) is 3.27. The maximum atomic E-state index is 12.5. The van der Waals surface area contributed by atoms with Crippen LogP contribution in [0.3, 0.4) is 0 Å². The number of piperidine rings is 1. The minimum Gasteiger partial charge on any atom is -0.393 e. The molecular weight excluding hydrogens is 250 g/mol. The second-order valence-corrected chi connectivity index (χ2v) is 6.27. The van der Waals surface area contributed by atoms with E-state index in [1.165, 1.54) is 5.56 Å². The predicted molar refractivity (Wildman–Crippen MR) is 81.2 cm³/mol. The molecule has 0 aromatic heterocycles. The van der Waals surface area contributed by atoms with Crippen LogP contribution in [0, 0.1) is 26.7 Å². The van der Waals surface area contributed by atoms with Crippen molar-refractivity contribution in [1.29, 1.82) is 0 Å². The Kier molecular flexibility index (Phi) is 4.61. The monoisotopic (exact) mass is 275 g/mol. The number of nitrogens with zero attached hydrogens (tertiary/aromatic N) is 1. The number of ketones is 1. The van der Waals surface area contributed by atoms with Crippen LogP contribution in [0.5, 0.6) is 0 Å². The minimum absolute atomic E-state index is 0.198. The summed E-state index contributed by atoms with van der Waals surface area (Å²) in [6.07, 6.45) is 0.546. The first-order chi connectivity index (χ1) is 9.38. The lowest BCUT2D eigenvalue weighted by atomic mass is 9.94. The summed E-state index contributed by atoms with van der Waals surface area (Å²) >= 11 is 0. The van der Waals surface area contributed by atoms with Gasteiger partial charge in [0.25, 0.3) is 0 Å². The first kappa shape index (κ1) is 15.2. The van der Waals surface area contributed by atoms with Crippen molar-refractivity contribution in [3.8, 4) is 0 Å². The number of hydrogen-bond donors (Lipinski definition) is 1. The summed E-state index contributed by atoms with van der Waals surface area (Å²) in [4.78, 5) is 14.7. The van der Waals surface area contributed by atoms with Crippen LogP contribution in [-0.2, 0) is 0 Å². The van der Waals surface area contributed by atoms with E-state index in [0.29, 0.717) is 6.54 Å². The highest BCUT2D eigenvalue weighted by atomic mass is 16.3. The highest BCUT2D eigenvalue weighted by molar-refractivity contribution is 6.00. The predicted octanol–water partition coefficient (Wildman–Crippen LogP) is 2.50. The number of hydrogen-bond acceptors (Lipinski definition) is 3. The molecule has 2 rings (SSSR count). The number of carbonyl (C=O) groups is 1. The molecule has 0 amide bonds. The Bertz CT molecular complexity index is 487. The fraction of sp³-hybridized carbons (Fsp3) is 0.588. The first-order valence-corrected chi connectivity index (χ1v) is 7.40. The van der Waals surface area contributed by atoms with Crippen molar-refractivity contribution in [2.75, 3.05) is 19.6 Å². The van der Waals surface area contributed by atoms with Crippen molar-refractivity contribution in [3.63, 3.8) is 0 Å². The van der Waals surface area contributed by atoms with Gasteiger partial charge in [-0.3, -0.25) is 9.69 Å². The molecule has 0 radical (unpaired) electrons. The molecule has 0 saturated carbocycles. The summed E-state index contributed by atoms with van der Waals surface area (Å²) in [5.41, 5.74) is 4.20. The quantitative estimate of drug-likeness (QED) is 0.862. The molecule has 3 heteroatoms. The number of benzene rings is 1. The van der Waals surface area contributed by atoms with Crippen LogP contribution in [0.1, 0.15) is 40.4 Å². The van der Waals surface area contributed by atoms with Gasteiger partial charge in [-0.25, -0.2) is 0 Å². The number of aliphatic hydroxyl groups excluding tert-OH is 1. The molecule has 110 valence electrons. The van der Waals surface area contributed by atoms with Crippen LogP contribution < -0.4 is 0 Å². The number of Topliss-reactive ketones (excluding diaryl/α,β-unsaturated/α-hetero) is 1. The second-order valence-electron chi connectivity index (χ2n) is 6.27. The van der Waals surface area contributed by atoms with Crippen LogP contribution in [-0.4, -0.2) is 41.5 Å². The van der Waals surface area contributed by atoms with Crippen molar-refractivity contribution >= 4 is 5.78 Å². The average Bonchev–Trinajstić information content (AvgIpc) is 2.32. The Morgan fingerprint density at radius 2 is 1.90 bits per heavy atom. The molecule has 0 spiro atoms. The minimum atomic E-state index is -0.218. The van der Waals surface area contributed by atoms with Gasteiger partial charge in [0, 0.05) is 18.7 Å². The van der Waals surface area contributed by atoms with Crippen LogP contribution in [0.2, 0.25) is 0 Å². The average molecular weight is 275 g/mol. The van der Waals surface area contributed by atoms with Gasteiger partial charge in [-0.2, -0.15) is 0 Å². The normalized spacial score (nSPS) is 23.9. The van der Waals surface area contributed by atoms with Crippen LogP contribution in [0.4, 0.5) is 0 Å². The van der Waals surface area contributed by atoms with Gasteiger partial charge < -0.3 is 5.11 Å². The van der Waals surface area contributed by atoms with Gasteiger partial charge >= 0.3 is 0 Å². The van der Waals surface area contributed by atoms with Gasteiger partial charge in [0.05, 0.1) is 12.6 Å². The molecule has 20 heavy (non-hydrogen) atoms. The molecular formula is C17H25NO2. The van der Waals surface area contributed by atoms with Crippen LogP contribution in [0.15, 0.2) is 12.1 Å². The molecule has 3 nitrogen and oxygen atoms in total. The van der Waals surface area contributed by atoms with E-state index in [1.54, 1.807) is 0 Å². The Balaban J connectivity index is 2.09. The van der Waals surface area contributed by atoms with Crippen molar-refractivity contribution in [1.82, 2.24) is 4.90 Å². The number of carbonyl (C=O) groups excluding carboxylic acids is 1. The summed E-state index contributed by atoms with van der Waals surface area (Å²) < 4.78 is 0. The molecule has 1 saturated heterocycles. The highest BCUT2D eigenvalue weighted by Gasteiger charge is 2.26.